The van der Waals surface area contributed by atoms with E-state index in [0.29, 0.717) is 37.7 Å². The maximum atomic E-state index is 14.4. The molecular formula is C27H35FN2O2. The van der Waals surface area contributed by atoms with Crippen molar-refractivity contribution >= 4 is 5.69 Å². The maximum Gasteiger partial charge on any atom is 0.213 e. The van der Waals surface area contributed by atoms with Crippen molar-refractivity contribution in [3.05, 3.63) is 47.7 Å². The van der Waals surface area contributed by atoms with Gasteiger partial charge in [0.05, 0.1) is 6.61 Å². The lowest BCUT2D eigenvalue weighted by Gasteiger charge is -2.35. The number of nitrogens with zero attached hydrogens (tertiary/aromatic N) is 2. The van der Waals surface area contributed by atoms with Crippen molar-refractivity contribution in [3.8, 4) is 11.6 Å². The smallest absolute Gasteiger partial charge is 0.213 e. The van der Waals surface area contributed by atoms with E-state index in [0.717, 1.165) is 49.0 Å². The summed E-state index contributed by atoms with van der Waals surface area (Å²) >= 11 is 0. The van der Waals surface area contributed by atoms with Gasteiger partial charge in [-0.15, -0.1) is 0 Å². The molecule has 2 aromatic rings. The Hall–Kier alpha value is -2.30. The molecule has 1 aromatic heterocycles. The fraction of sp³-hybridized carbons (Fsp3) is 0.593. The van der Waals surface area contributed by atoms with Gasteiger partial charge in [-0.1, -0.05) is 13.0 Å². The van der Waals surface area contributed by atoms with E-state index >= 15 is 0 Å². The zero-order chi connectivity index (χ0) is 22.1. The second-order valence-corrected chi connectivity index (χ2v) is 10.2. The third kappa shape index (κ3) is 5.02. The van der Waals surface area contributed by atoms with Crippen molar-refractivity contribution in [2.75, 3.05) is 24.6 Å². The molecule has 1 N–H and O–H groups in total. The highest BCUT2D eigenvalue weighted by atomic mass is 19.1. The fourth-order valence-corrected chi connectivity index (χ4v) is 5.27. The number of rotatable bonds is 9. The van der Waals surface area contributed by atoms with Crippen LogP contribution in [0.5, 0.6) is 11.6 Å². The Labute approximate surface area is 190 Å². The van der Waals surface area contributed by atoms with E-state index in [1.807, 2.05) is 12.3 Å². The molecular weight excluding hydrogens is 403 g/mol. The third-order valence-corrected chi connectivity index (χ3v) is 7.61. The number of ether oxygens (including phenoxy) is 1. The van der Waals surface area contributed by atoms with Gasteiger partial charge < -0.3 is 14.7 Å². The summed E-state index contributed by atoms with van der Waals surface area (Å²) in [6.07, 6.45) is 9.57. The topological polar surface area (TPSA) is 45.6 Å². The summed E-state index contributed by atoms with van der Waals surface area (Å²) in [4.78, 5) is 6.75. The highest BCUT2D eigenvalue weighted by molar-refractivity contribution is 5.58. The Morgan fingerprint density at radius 3 is 2.62 bits per heavy atom. The number of piperidine rings is 1. The van der Waals surface area contributed by atoms with E-state index in [4.69, 9.17) is 4.74 Å². The normalized spacial score (nSPS) is 21.4. The lowest BCUT2D eigenvalue weighted by Crippen LogP contribution is -2.36. The molecule has 5 rings (SSSR count). The molecule has 2 heterocycles. The number of aromatic hydroxyl groups is 1. The van der Waals surface area contributed by atoms with Crippen LogP contribution in [0.15, 0.2) is 36.5 Å². The van der Waals surface area contributed by atoms with E-state index < -0.39 is 5.67 Å². The molecule has 3 fully saturated rings. The molecule has 2 aliphatic carbocycles. The predicted octanol–water partition coefficient (Wildman–Crippen LogP) is 6.03. The quantitative estimate of drug-likeness (QED) is 0.519. The molecule has 1 atom stereocenters. The van der Waals surface area contributed by atoms with Crippen LogP contribution < -0.4 is 9.64 Å². The van der Waals surface area contributed by atoms with Crippen LogP contribution in [0.3, 0.4) is 0 Å². The number of aromatic nitrogens is 1. The molecule has 172 valence electrons. The van der Waals surface area contributed by atoms with Crippen LogP contribution in [0.4, 0.5) is 10.1 Å². The van der Waals surface area contributed by atoms with E-state index in [-0.39, 0.29) is 5.75 Å². The van der Waals surface area contributed by atoms with Crippen LogP contribution >= 0.6 is 0 Å². The highest BCUT2D eigenvalue weighted by Crippen LogP contribution is 2.45. The Morgan fingerprint density at radius 1 is 1.16 bits per heavy atom. The van der Waals surface area contributed by atoms with Gasteiger partial charge >= 0.3 is 0 Å². The van der Waals surface area contributed by atoms with Crippen LogP contribution in [0.25, 0.3) is 0 Å². The first-order valence-corrected chi connectivity index (χ1v) is 12.4. The van der Waals surface area contributed by atoms with Crippen LogP contribution in [-0.4, -0.2) is 35.5 Å². The summed E-state index contributed by atoms with van der Waals surface area (Å²) in [5.41, 5.74) is 2.34. The summed E-state index contributed by atoms with van der Waals surface area (Å²) in [5, 5.41) is 10.0. The molecule has 0 radical (unpaired) electrons. The van der Waals surface area contributed by atoms with Gasteiger partial charge in [-0.3, -0.25) is 0 Å². The first kappa shape index (κ1) is 21.5. The van der Waals surface area contributed by atoms with Gasteiger partial charge in [0.1, 0.15) is 11.4 Å². The number of phenolic OH excluding ortho intramolecular Hbond substituents is 1. The molecule has 0 bridgehead atoms. The fourth-order valence-electron chi connectivity index (χ4n) is 5.27. The van der Waals surface area contributed by atoms with Gasteiger partial charge in [0.2, 0.25) is 5.88 Å². The standard InChI is InChI=1S/C27H35FN2O2/c1-2-24(20-3-4-20)21-7-12-29-26(15-21)32-18-19-8-13-30(14-9-19)25-16-23(31)6-5-22(25)17-27(28)10-11-27/h5-7,12,15-16,19-20,24,31H,2-4,8-11,13-14,17-18H2,1H3. The minimum atomic E-state index is -1.03. The summed E-state index contributed by atoms with van der Waals surface area (Å²) in [7, 11) is 0. The number of halogens is 1. The summed E-state index contributed by atoms with van der Waals surface area (Å²) in [6.45, 7) is 4.76. The number of hydrogen-bond acceptors (Lipinski definition) is 4. The van der Waals surface area contributed by atoms with Gasteiger partial charge in [-0.2, -0.15) is 0 Å². The highest BCUT2D eigenvalue weighted by Gasteiger charge is 2.43. The Bertz CT molecular complexity index is 933. The average molecular weight is 439 g/mol. The van der Waals surface area contributed by atoms with Gasteiger partial charge in [0.25, 0.3) is 0 Å². The first-order valence-electron chi connectivity index (χ1n) is 12.4. The zero-order valence-electron chi connectivity index (χ0n) is 19.1. The molecule has 0 amide bonds. The lowest BCUT2D eigenvalue weighted by atomic mass is 9.92. The summed E-state index contributed by atoms with van der Waals surface area (Å²) < 4.78 is 20.5. The minimum Gasteiger partial charge on any atom is -0.508 e. The largest absolute Gasteiger partial charge is 0.508 e. The third-order valence-electron chi connectivity index (χ3n) is 7.61. The molecule has 5 heteroatoms. The number of pyridine rings is 1. The van der Waals surface area contributed by atoms with Crippen molar-refractivity contribution in [1.82, 2.24) is 4.98 Å². The SMILES string of the molecule is CCC(c1ccnc(OCC2CCN(c3cc(O)ccc3CC3(F)CC3)CC2)c1)C1CC1. The number of hydrogen-bond donors (Lipinski definition) is 1. The molecule has 3 aliphatic rings. The Balaban J connectivity index is 1.16. The maximum absolute atomic E-state index is 14.4. The van der Waals surface area contributed by atoms with Crippen molar-refractivity contribution in [1.29, 1.82) is 0 Å². The van der Waals surface area contributed by atoms with E-state index in [1.165, 1.54) is 24.8 Å². The van der Waals surface area contributed by atoms with Crippen molar-refractivity contribution in [3.63, 3.8) is 0 Å². The second-order valence-electron chi connectivity index (χ2n) is 10.2. The molecule has 1 unspecified atom stereocenters. The Morgan fingerprint density at radius 2 is 1.94 bits per heavy atom. The van der Waals surface area contributed by atoms with Crippen LogP contribution in [0.2, 0.25) is 0 Å². The van der Waals surface area contributed by atoms with Crippen molar-refractivity contribution in [2.24, 2.45) is 11.8 Å². The number of anilines is 1. The molecule has 0 spiro atoms. The molecule has 32 heavy (non-hydrogen) atoms. The van der Waals surface area contributed by atoms with E-state index in [9.17, 15) is 9.50 Å². The Kier molecular flexibility index (Phi) is 6.00. The molecule has 1 aromatic carbocycles. The van der Waals surface area contributed by atoms with Gasteiger partial charge in [0, 0.05) is 43.5 Å². The van der Waals surface area contributed by atoms with Crippen LogP contribution in [-0.2, 0) is 6.42 Å². The van der Waals surface area contributed by atoms with Gasteiger partial charge in [-0.05, 0) is 86.0 Å². The second kappa shape index (κ2) is 8.92. The van der Waals surface area contributed by atoms with Crippen molar-refractivity contribution < 1.29 is 14.2 Å². The summed E-state index contributed by atoms with van der Waals surface area (Å²) in [5.74, 6) is 2.96. The zero-order valence-corrected chi connectivity index (χ0v) is 19.1. The monoisotopic (exact) mass is 438 g/mol. The van der Waals surface area contributed by atoms with E-state index in [1.54, 1.807) is 12.1 Å². The van der Waals surface area contributed by atoms with Crippen LogP contribution in [0.1, 0.15) is 68.9 Å². The summed E-state index contributed by atoms with van der Waals surface area (Å²) in [6, 6.07) is 9.67. The average Bonchev–Trinajstić information content (AvgIpc) is 3.74. The number of alkyl halides is 1. The van der Waals surface area contributed by atoms with Gasteiger partial charge in [0.15, 0.2) is 0 Å². The van der Waals surface area contributed by atoms with Crippen LogP contribution in [0, 0.1) is 11.8 Å². The first-order chi connectivity index (χ1) is 15.5. The number of phenols is 1. The van der Waals surface area contributed by atoms with Crippen molar-refractivity contribution in [2.45, 2.75) is 69.9 Å². The molecule has 4 nitrogen and oxygen atoms in total. The molecule has 1 aliphatic heterocycles. The molecule has 1 saturated heterocycles. The van der Waals surface area contributed by atoms with Gasteiger partial charge in [-0.25, -0.2) is 9.37 Å². The predicted molar refractivity (Wildman–Crippen MR) is 125 cm³/mol. The molecule has 2 saturated carbocycles. The lowest BCUT2D eigenvalue weighted by molar-refractivity contribution is 0.215. The van der Waals surface area contributed by atoms with E-state index in [2.05, 4.69) is 28.9 Å². The number of benzene rings is 1. The minimum absolute atomic E-state index is 0.250.